The Labute approximate surface area is 198 Å². The van der Waals surface area contributed by atoms with Gasteiger partial charge in [0.25, 0.3) is 0 Å². The van der Waals surface area contributed by atoms with Crippen LogP contribution in [-0.4, -0.2) is 80.5 Å². The van der Waals surface area contributed by atoms with Gasteiger partial charge >= 0.3 is 12.1 Å². The maximum atomic E-state index is 12.9. The predicted octanol–water partition coefficient (Wildman–Crippen LogP) is 1.67. The smallest absolute Gasteiger partial charge is 0.407 e. The predicted molar refractivity (Wildman–Crippen MR) is 124 cm³/mol. The van der Waals surface area contributed by atoms with Crippen LogP contribution in [0.15, 0.2) is 48.5 Å². The second-order valence-corrected chi connectivity index (χ2v) is 8.88. The summed E-state index contributed by atoms with van der Waals surface area (Å²) in [5, 5.41) is 14.6. The van der Waals surface area contributed by atoms with Gasteiger partial charge in [-0.2, -0.15) is 0 Å². The highest BCUT2D eigenvalue weighted by molar-refractivity contribution is 5.87. The number of aliphatic carboxylic acids is 1. The number of alkyl carbamates (subject to hydrolysis) is 1. The van der Waals surface area contributed by atoms with Gasteiger partial charge < -0.3 is 30.1 Å². The van der Waals surface area contributed by atoms with E-state index in [0.717, 1.165) is 22.3 Å². The molecule has 2 aromatic rings. The Morgan fingerprint density at radius 2 is 1.68 bits per heavy atom. The first-order chi connectivity index (χ1) is 16.3. The molecule has 4 rings (SSSR count). The van der Waals surface area contributed by atoms with Crippen LogP contribution in [-0.2, 0) is 19.1 Å². The fraction of sp³-hybridized carbons (Fsp3) is 0.400. The van der Waals surface area contributed by atoms with E-state index in [1.807, 2.05) is 36.4 Å². The van der Waals surface area contributed by atoms with Gasteiger partial charge in [-0.1, -0.05) is 48.5 Å². The van der Waals surface area contributed by atoms with Crippen LogP contribution < -0.4 is 10.6 Å². The quantitative estimate of drug-likeness (QED) is 0.541. The van der Waals surface area contributed by atoms with Crippen LogP contribution >= 0.6 is 0 Å². The number of likely N-dealkylation sites (N-methyl/N-ethyl adjacent to an activating group) is 1. The Bertz CT molecular complexity index is 1030. The molecule has 180 valence electrons. The van der Waals surface area contributed by atoms with Gasteiger partial charge in [0.05, 0.1) is 19.3 Å². The summed E-state index contributed by atoms with van der Waals surface area (Å²) in [7, 11) is 3.55. The lowest BCUT2D eigenvalue weighted by molar-refractivity contribution is -0.142. The number of carbonyl (C=O) groups is 3. The average Bonchev–Trinajstić information content (AvgIpc) is 3.39. The lowest BCUT2D eigenvalue weighted by atomic mass is 9.98. The molecule has 1 fully saturated rings. The fourth-order valence-electron chi connectivity index (χ4n) is 4.56. The highest BCUT2D eigenvalue weighted by atomic mass is 16.5. The third-order valence-corrected chi connectivity index (χ3v) is 6.23. The molecule has 3 unspecified atom stereocenters. The van der Waals surface area contributed by atoms with E-state index >= 15 is 0 Å². The summed E-state index contributed by atoms with van der Waals surface area (Å²) in [5.74, 6) is -2.43. The minimum atomic E-state index is -1.03. The molecule has 9 heteroatoms. The van der Waals surface area contributed by atoms with Crippen molar-refractivity contribution in [3.8, 4) is 11.1 Å². The Morgan fingerprint density at radius 1 is 1.06 bits per heavy atom. The summed E-state index contributed by atoms with van der Waals surface area (Å²) in [4.78, 5) is 38.7. The molecule has 0 saturated carbocycles. The highest BCUT2D eigenvalue weighted by Gasteiger charge is 2.37. The Kier molecular flexibility index (Phi) is 7.14. The van der Waals surface area contributed by atoms with E-state index in [2.05, 4.69) is 22.8 Å². The number of nitrogens with one attached hydrogen (secondary N) is 2. The van der Waals surface area contributed by atoms with E-state index < -0.39 is 36.0 Å². The maximum absolute atomic E-state index is 12.9. The van der Waals surface area contributed by atoms with E-state index in [1.54, 1.807) is 19.0 Å². The van der Waals surface area contributed by atoms with Crippen molar-refractivity contribution in [1.82, 2.24) is 15.5 Å². The number of benzene rings is 2. The van der Waals surface area contributed by atoms with Crippen LogP contribution in [0.25, 0.3) is 11.1 Å². The zero-order chi connectivity index (χ0) is 24.2. The van der Waals surface area contributed by atoms with Gasteiger partial charge in [0.1, 0.15) is 18.6 Å². The van der Waals surface area contributed by atoms with Crippen molar-refractivity contribution < 1.29 is 29.0 Å². The first kappa shape index (κ1) is 23.7. The van der Waals surface area contributed by atoms with Gasteiger partial charge in [0.2, 0.25) is 5.91 Å². The lowest BCUT2D eigenvalue weighted by Gasteiger charge is -2.24. The Hall–Kier alpha value is -3.43. The summed E-state index contributed by atoms with van der Waals surface area (Å²) in [5.41, 5.74) is 4.45. The minimum absolute atomic E-state index is 0.0401. The van der Waals surface area contributed by atoms with Crippen LogP contribution in [0.1, 0.15) is 17.0 Å². The first-order valence-electron chi connectivity index (χ1n) is 11.2. The molecule has 0 aromatic heterocycles. The van der Waals surface area contributed by atoms with Crippen molar-refractivity contribution >= 4 is 18.0 Å². The van der Waals surface area contributed by atoms with E-state index in [1.165, 1.54) is 0 Å². The number of carbonyl (C=O) groups excluding carboxylic acids is 2. The summed E-state index contributed by atoms with van der Waals surface area (Å²) in [6.45, 7) is 0.510. The van der Waals surface area contributed by atoms with Crippen molar-refractivity contribution in [1.29, 1.82) is 0 Å². The number of nitrogens with zero attached hydrogens (tertiary/aromatic N) is 1. The topological polar surface area (TPSA) is 117 Å². The molecule has 1 aliphatic heterocycles. The molecule has 2 aliphatic rings. The zero-order valence-corrected chi connectivity index (χ0v) is 19.2. The van der Waals surface area contributed by atoms with Crippen LogP contribution in [0, 0.1) is 5.92 Å². The van der Waals surface area contributed by atoms with Gasteiger partial charge in [-0.15, -0.1) is 0 Å². The average molecular weight is 468 g/mol. The van der Waals surface area contributed by atoms with Gasteiger partial charge in [-0.3, -0.25) is 9.59 Å². The van der Waals surface area contributed by atoms with Gasteiger partial charge in [-0.05, 0) is 36.3 Å². The molecule has 34 heavy (non-hydrogen) atoms. The molecule has 2 amide bonds. The number of hydrogen-bond donors (Lipinski definition) is 3. The summed E-state index contributed by atoms with van der Waals surface area (Å²) < 4.78 is 10.8. The van der Waals surface area contributed by atoms with E-state index in [-0.39, 0.29) is 32.3 Å². The molecule has 9 nitrogen and oxygen atoms in total. The molecule has 1 aliphatic carbocycles. The molecule has 1 heterocycles. The van der Waals surface area contributed by atoms with Crippen molar-refractivity contribution in [3.63, 3.8) is 0 Å². The van der Waals surface area contributed by atoms with Crippen LogP contribution in [0.5, 0.6) is 0 Å². The van der Waals surface area contributed by atoms with E-state index in [4.69, 9.17) is 9.47 Å². The maximum Gasteiger partial charge on any atom is 0.407 e. The van der Waals surface area contributed by atoms with Crippen LogP contribution in [0.3, 0.4) is 0 Å². The van der Waals surface area contributed by atoms with Gasteiger partial charge in [0.15, 0.2) is 0 Å². The summed E-state index contributed by atoms with van der Waals surface area (Å²) in [6.07, 6.45) is -0.707. The number of carboxylic acid groups (broad SMARTS) is 1. The second-order valence-electron chi connectivity index (χ2n) is 8.88. The number of ether oxygens (including phenoxy) is 2. The third kappa shape index (κ3) is 5.05. The lowest BCUT2D eigenvalue weighted by Crippen LogP contribution is -2.55. The number of carboxylic acids is 1. The van der Waals surface area contributed by atoms with Crippen LogP contribution in [0.2, 0.25) is 0 Å². The molecule has 0 bridgehead atoms. The zero-order valence-electron chi connectivity index (χ0n) is 19.2. The molecule has 3 atom stereocenters. The van der Waals surface area contributed by atoms with Gasteiger partial charge in [-0.25, -0.2) is 4.79 Å². The van der Waals surface area contributed by atoms with Crippen molar-refractivity contribution in [2.24, 2.45) is 5.92 Å². The molecule has 1 saturated heterocycles. The number of amides is 2. The second kappa shape index (κ2) is 10.2. The SMILES string of the molecule is CN(C)CC(NC(=O)OCC1c2ccccc2-c2ccccc21)C(=O)NC1COCC1C(=O)O. The molecule has 3 N–H and O–H groups in total. The standard InChI is InChI=1S/C25H29N3O6/c1-28(2)11-21(23(29)26-22-14-33-12-20(22)24(30)31)27-25(32)34-13-19-17-9-5-3-7-15(17)16-8-4-6-10-18(16)19/h3-10,19-22H,11-14H2,1-2H3,(H,26,29)(H,27,32)(H,30,31). The first-order valence-corrected chi connectivity index (χ1v) is 11.2. The molecule has 0 spiro atoms. The van der Waals surface area contributed by atoms with E-state index in [9.17, 15) is 19.5 Å². The summed E-state index contributed by atoms with van der Waals surface area (Å²) in [6, 6.07) is 14.5. The van der Waals surface area contributed by atoms with Crippen molar-refractivity contribution in [2.45, 2.75) is 18.0 Å². The number of fused-ring (bicyclic) bond motifs is 3. The van der Waals surface area contributed by atoms with E-state index in [0.29, 0.717) is 0 Å². The van der Waals surface area contributed by atoms with Crippen molar-refractivity contribution in [2.75, 3.05) is 40.5 Å². The Morgan fingerprint density at radius 3 is 2.26 bits per heavy atom. The fourth-order valence-corrected chi connectivity index (χ4v) is 4.56. The molecule has 0 radical (unpaired) electrons. The third-order valence-electron chi connectivity index (χ3n) is 6.23. The monoisotopic (exact) mass is 467 g/mol. The van der Waals surface area contributed by atoms with Crippen LogP contribution in [0.4, 0.5) is 4.79 Å². The van der Waals surface area contributed by atoms with Crippen molar-refractivity contribution in [3.05, 3.63) is 59.7 Å². The Balaban J connectivity index is 1.40. The normalized spacial score (nSPS) is 19.9. The molecular weight excluding hydrogens is 438 g/mol. The molecular formula is C25H29N3O6. The summed E-state index contributed by atoms with van der Waals surface area (Å²) >= 11 is 0. The minimum Gasteiger partial charge on any atom is -0.481 e. The van der Waals surface area contributed by atoms with Gasteiger partial charge in [0, 0.05) is 12.5 Å². The number of hydrogen-bond acceptors (Lipinski definition) is 6. The largest absolute Gasteiger partial charge is 0.481 e. The number of rotatable bonds is 8. The highest BCUT2D eigenvalue weighted by Crippen LogP contribution is 2.44. The molecule has 2 aromatic carbocycles.